The number of amides is 1. The van der Waals surface area contributed by atoms with Crippen molar-refractivity contribution in [2.24, 2.45) is 0 Å². The molecule has 0 saturated heterocycles. The summed E-state index contributed by atoms with van der Waals surface area (Å²) in [5.74, 6) is -0.880. The number of para-hydroxylation sites is 1. The van der Waals surface area contributed by atoms with Gasteiger partial charge in [-0.3, -0.25) is 4.98 Å². The maximum Gasteiger partial charge on any atom is 0.116 e. The number of carbonyl (C=O) groups excluding carboxylic acids is 1. The molecule has 1 aromatic heterocycles. The largest absolute Gasteiger partial charge is 0.399 e. The van der Waals surface area contributed by atoms with Crippen molar-refractivity contribution in [1.29, 1.82) is 0 Å². The number of rotatable bonds is 4. The van der Waals surface area contributed by atoms with Crippen LogP contribution in [0.2, 0.25) is 0 Å². The Morgan fingerprint density at radius 2 is 1.86 bits per heavy atom. The summed E-state index contributed by atoms with van der Waals surface area (Å²) >= 11 is -3.75. The summed E-state index contributed by atoms with van der Waals surface area (Å²) in [5, 5.41) is 11.5. The van der Waals surface area contributed by atoms with E-state index in [1.54, 1.807) is 36.0 Å². The first-order valence-electron chi connectivity index (χ1n) is 7.91. The van der Waals surface area contributed by atoms with Crippen LogP contribution in [0.25, 0.3) is 0 Å². The van der Waals surface area contributed by atoms with Crippen molar-refractivity contribution in [3.05, 3.63) is 54.2 Å². The van der Waals surface area contributed by atoms with Crippen LogP contribution in [0.15, 0.2) is 63.3 Å². The number of benzene rings is 2. The van der Waals surface area contributed by atoms with Crippen LogP contribution in [0, 0.1) is 0 Å². The van der Waals surface area contributed by atoms with Gasteiger partial charge in [0.05, 0.1) is 22.5 Å². The van der Waals surface area contributed by atoms with Crippen molar-refractivity contribution in [3.8, 4) is 5.75 Å². The summed E-state index contributed by atoms with van der Waals surface area (Å²) in [5.41, 5.74) is 7.66. The van der Waals surface area contributed by atoms with Gasteiger partial charge in [-0.15, -0.1) is 11.3 Å². The minimum absolute atomic E-state index is 0.225. The molecule has 3 aromatic rings. The number of nitrogen functional groups attached to an aromatic ring is 1. The number of thiazole rings is 1. The van der Waals surface area contributed by atoms with Crippen molar-refractivity contribution in [1.82, 2.24) is 4.98 Å². The standard InChI is InChI=1S/C9H8N2OS2.C8H10AsNO5/c10-7-1-3-8(4-2-7)14(12)9-5-11-6-13-9;1-5(11)10-8-6(9(13,14)15)3-2-4-7(8)12/h1-6H,10H2;2-4,12H,1H3,(H,10,11)(H2,13,14,15). The number of nitrogens with two attached hydrogens (primary N) is 1. The smallest absolute Gasteiger partial charge is 0.116 e. The van der Waals surface area contributed by atoms with Crippen LogP contribution in [0.5, 0.6) is 5.75 Å². The molecule has 0 saturated carbocycles. The van der Waals surface area contributed by atoms with Gasteiger partial charge in [-0.2, -0.15) is 0 Å². The van der Waals surface area contributed by atoms with Gasteiger partial charge in [-0.25, -0.2) is 4.21 Å². The first-order valence-corrected chi connectivity index (χ1v) is 13.3. The second kappa shape index (κ2) is 9.86. The van der Waals surface area contributed by atoms with Gasteiger partial charge in [0.15, 0.2) is 0 Å². The second-order valence-electron chi connectivity index (χ2n) is 5.55. The van der Waals surface area contributed by atoms with Crippen LogP contribution < -0.4 is 15.4 Å². The minimum Gasteiger partial charge on any atom is -0.399 e. The molecule has 0 aliphatic rings. The quantitative estimate of drug-likeness (QED) is 0.200. The molecule has 1 heterocycles. The van der Waals surface area contributed by atoms with Gasteiger partial charge in [-0.05, 0) is 24.3 Å². The van der Waals surface area contributed by atoms with E-state index in [0.29, 0.717) is 5.69 Å². The second-order valence-corrected chi connectivity index (χ2v) is 11.4. The molecular weight excluding hydrogens is 481 g/mol. The summed E-state index contributed by atoms with van der Waals surface area (Å²) < 4.78 is 41.4. The Bertz CT molecular complexity index is 1050. The molecule has 1 amide bonds. The van der Waals surface area contributed by atoms with Crippen LogP contribution in [-0.2, 0) is 19.3 Å². The number of anilines is 2. The first kappa shape index (κ1) is 22.9. The fourth-order valence-electron chi connectivity index (χ4n) is 2.08. The number of aromatic hydroxyl groups is 1. The number of nitrogens with zero attached hydrogens (tertiary/aromatic N) is 1. The molecule has 0 aliphatic heterocycles. The maximum absolute atomic E-state index is 11.9. The zero-order valence-corrected chi connectivity index (χ0v) is 18.6. The van der Waals surface area contributed by atoms with E-state index in [0.717, 1.165) is 9.10 Å². The molecular formula is C17H18AsN3O6S2. The van der Waals surface area contributed by atoms with E-state index in [2.05, 4.69) is 10.3 Å². The van der Waals surface area contributed by atoms with Crippen molar-refractivity contribution < 1.29 is 26.0 Å². The van der Waals surface area contributed by atoms with Crippen molar-refractivity contribution in [2.75, 3.05) is 11.1 Å². The predicted octanol–water partition coefficient (Wildman–Crippen LogP) is 0.804. The van der Waals surface area contributed by atoms with E-state index >= 15 is 0 Å². The molecule has 12 heteroatoms. The molecule has 0 aliphatic carbocycles. The van der Waals surface area contributed by atoms with Crippen LogP contribution in [-0.4, -0.2) is 42.6 Å². The van der Waals surface area contributed by atoms with Crippen LogP contribution >= 0.6 is 11.3 Å². The average molecular weight is 499 g/mol. The summed E-state index contributed by atoms with van der Waals surface area (Å²) in [7, 11) is -1.12. The van der Waals surface area contributed by atoms with Gasteiger partial charge >= 0.3 is 88.1 Å². The zero-order chi connectivity index (χ0) is 21.6. The number of nitrogens with one attached hydrogen (secondary N) is 1. The molecule has 0 radical (unpaired) electrons. The number of carbonyl (C=O) groups is 1. The van der Waals surface area contributed by atoms with Crippen molar-refractivity contribution in [2.45, 2.75) is 16.0 Å². The molecule has 3 rings (SSSR count). The topological polar surface area (TPSA) is 163 Å². The Balaban J connectivity index is 0.000000207. The van der Waals surface area contributed by atoms with Crippen LogP contribution in [0.1, 0.15) is 6.92 Å². The molecule has 6 N–H and O–H groups in total. The average Bonchev–Trinajstić information content (AvgIpc) is 3.17. The van der Waals surface area contributed by atoms with Gasteiger partial charge in [0, 0.05) is 10.6 Å². The minimum atomic E-state index is -5.14. The van der Waals surface area contributed by atoms with Gasteiger partial charge in [-0.1, -0.05) is 0 Å². The third kappa shape index (κ3) is 6.55. The molecule has 0 spiro atoms. The Morgan fingerprint density at radius 3 is 2.38 bits per heavy atom. The van der Waals surface area contributed by atoms with Crippen molar-refractivity contribution in [3.63, 3.8) is 0 Å². The van der Waals surface area contributed by atoms with Gasteiger partial charge in [0.1, 0.15) is 4.21 Å². The molecule has 1 unspecified atom stereocenters. The van der Waals surface area contributed by atoms with E-state index in [1.807, 2.05) is 0 Å². The van der Waals surface area contributed by atoms with Crippen LogP contribution in [0.3, 0.4) is 0 Å². The molecule has 154 valence electrons. The van der Waals surface area contributed by atoms with Crippen molar-refractivity contribution >= 4 is 57.9 Å². The van der Waals surface area contributed by atoms with Crippen LogP contribution in [0.4, 0.5) is 11.4 Å². The Morgan fingerprint density at radius 1 is 1.21 bits per heavy atom. The fourth-order valence-corrected chi connectivity index (χ4v) is 5.52. The number of phenolic OH excluding ortho intramolecular Hbond substituents is 1. The van der Waals surface area contributed by atoms with E-state index in [9.17, 15) is 17.8 Å². The molecule has 9 nitrogen and oxygen atoms in total. The molecule has 1 atom stereocenters. The molecule has 0 fully saturated rings. The number of aromatic nitrogens is 1. The summed E-state index contributed by atoms with van der Waals surface area (Å²) in [6.45, 7) is 1.18. The van der Waals surface area contributed by atoms with E-state index in [1.165, 1.54) is 36.5 Å². The SMILES string of the molecule is CC(=O)Nc1c(O)cccc1[As](=O)(O)O.Nc1ccc(S(=O)c2cncs2)cc1. The van der Waals surface area contributed by atoms with Gasteiger partial charge < -0.3 is 5.73 Å². The fraction of sp³-hybridized carbons (Fsp3) is 0.0588. The third-order valence-electron chi connectivity index (χ3n) is 3.32. The summed E-state index contributed by atoms with van der Waals surface area (Å²) in [4.78, 5) is 15.4. The normalized spacial score (nSPS) is 11.8. The molecule has 2 aromatic carbocycles. The Kier molecular flexibility index (Phi) is 7.77. The number of hydrogen-bond donors (Lipinski definition) is 5. The Hall–Kier alpha value is -2.43. The third-order valence-corrected chi connectivity index (χ3v) is 7.90. The van der Waals surface area contributed by atoms with Gasteiger partial charge in [0.25, 0.3) is 0 Å². The predicted molar refractivity (Wildman–Crippen MR) is 111 cm³/mol. The van der Waals surface area contributed by atoms with E-state index < -0.39 is 30.9 Å². The maximum atomic E-state index is 11.9. The first-order chi connectivity index (χ1) is 13.6. The number of hydrogen-bond acceptors (Lipinski definition) is 7. The van der Waals surface area contributed by atoms with E-state index in [4.69, 9.17) is 13.9 Å². The zero-order valence-electron chi connectivity index (χ0n) is 15.1. The monoisotopic (exact) mass is 499 g/mol. The summed E-state index contributed by atoms with van der Waals surface area (Å²) in [6, 6.07) is 10.7. The summed E-state index contributed by atoms with van der Waals surface area (Å²) in [6.07, 6.45) is 1.62. The van der Waals surface area contributed by atoms with Gasteiger partial charge in [0.2, 0.25) is 0 Å². The number of phenols is 1. The van der Waals surface area contributed by atoms with E-state index in [-0.39, 0.29) is 15.8 Å². The molecule has 0 bridgehead atoms. The molecule has 29 heavy (non-hydrogen) atoms. The Labute approximate surface area is 175 Å².